The molecule has 0 heterocycles. The van der Waals surface area contributed by atoms with Gasteiger partial charge in [0.1, 0.15) is 5.82 Å². The van der Waals surface area contributed by atoms with Crippen LogP contribution in [0.1, 0.15) is 48.8 Å². The monoisotopic (exact) mass is 248 g/mol. The largest absolute Gasteiger partial charge is 0.481 e. The maximum atomic E-state index is 14.2. The molecule has 1 aromatic rings. The lowest BCUT2D eigenvalue weighted by Gasteiger charge is -2.21. The maximum absolute atomic E-state index is 14.2. The van der Waals surface area contributed by atoms with Gasteiger partial charge in [-0.3, -0.25) is 4.79 Å². The summed E-state index contributed by atoms with van der Waals surface area (Å²) in [5.74, 6) is -1.03. The van der Waals surface area contributed by atoms with Gasteiger partial charge in [0.05, 0.1) is 6.42 Å². The van der Waals surface area contributed by atoms with E-state index in [0.717, 1.165) is 44.1 Å². The summed E-state index contributed by atoms with van der Waals surface area (Å²) in [6, 6.07) is 3.59. The van der Waals surface area contributed by atoms with Crippen molar-refractivity contribution in [3.63, 3.8) is 0 Å². The summed E-state index contributed by atoms with van der Waals surface area (Å²) in [5.41, 5.74) is 2.58. The Hall–Kier alpha value is -1.38. The summed E-state index contributed by atoms with van der Waals surface area (Å²) in [7, 11) is 0. The molecule has 2 nitrogen and oxygen atoms in total. The molecule has 0 amide bonds. The zero-order valence-corrected chi connectivity index (χ0v) is 10.3. The summed E-state index contributed by atoms with van der Waals surface area (Å²) in [6.45, 7) is 0. The molecular weight excluding hydrogens is 231 g/mol. The Balaban J connectivity index is 1.99. The number of fused-ring (bicyclic) bond motifs is 1. The van der Waals surface area contributed by atoms with Crippen molar-refractivity contribution < 1.29 is 14.3 Å². The molecule has 0 atom stereocenters. The summed E-state index contributed by atoms with van der Waals surface area (Å²) < 4.78 is 14.2. The van der Waals surface area contributed by atoms with Gasteiger partial charge in [-0.1, -0.05) is 6.07 Å². The van der Waals surface area contributed by atoms with Gasteiger partial charge in [-0.15, -0.1) is 0 Å². The summed E-state index contributed by atoms with van der Waals surface area (Å²) in [6.07, 6.45) is 5.91. The number of carbonyl (C=O) groups is 1. The van der Waals surface area contributed by atoms with Crippen molar-refractivity contribution in [3.05, 3.63) is 34.6 Å². The Labute approximate surface area is 106 Å². The smallest absolute Gasteiger partial charge is 0.304 e. The van der Waals surface area contributed by atoms with Crippen molar-refractivity contribution >= 4 is 5.97 Å². The molecular formula is C15H17FO2. The van der Waals surface area contributed by atoms with Crippen LogP contribution in [0.4, 0.5) is 4.39 Å². The number of halogens is 1. The second-order valence-corrected chi connectivity index (χ2v) is 5.66. The minimum Gasteiger partial charge on any atom is -0.481 e. The number of hydrogen-bond acceptors (Lipinski definition) is 1. The zero-order valence-electron chi connectivity index (χ0n) is 10.3. The van der Waals surface area contributed by atoms with E-state index in [2.05, 4.69) is 0 Å². The molecule has 1 aromatic carbocycles. The van der Waals surface area contributed by atoms with Crippen LogP contribution in [0.15, 0.2) is 12.1 Å². The summed E-state index contributed by atoms with van der Waals surface area (Å²) in [5, 5.41) is 8.96. The average Bonchev–Trinajstić information content (AvgIpc) is 3.08. The third kappa shape index (κ3) is 1.92. The molecule has 0 saturated heterocycles. The van der Waals surface area contributed by atoms with Crippen molar-refractivity contribution in [2.24, 2.45) is 0 Å². The highest BCUT2D eigenvalue weighted by Gasteiger charge is 2.47. The Morgan fingerprint density at radius 1 is 1.22 bits per heavy atom. The van der Waals surface area contributed by atoms with E-state index in [4.69, 9.17) is 5.11 Å². The van der Waals surface area contributed by atoms with Gasteiger partial charge in [0.15, 0.2) is 0 Å². The molecule has 2 aliphatic carbocycles. The first-order valence-electron chi connectivity index (χ1n) is 6.64. The molecule has 2 aliphatic rings. The number of aliphatic carboxylic acids is 1. The first kappa shape index (κ1) is 11.7. The lowest BCUT2D eigenvalue weighted by molar-refractivity contribution is -0.137. The normalized spacial score (nSPS) is 20.3. The van der Waals surface area contributed by atoms with Crippen LogP contribution in [-0.4, -0.2) is 11.1 Å². The zero-order chi connectivity index (χ0) is 12.8. The minimum atomic E-state index is -0.829. The van der Waals surface area contributed by atoms with Crippen LogP contribution in [0.5, 0.6) is 0 Å². The fourth-order valence-electron chi connectivity index (χ4n) is 3.14. The van der Waals surface area contributed by atoms with Gasteiger partial charge in [0.25, 0.3) is 0 Å². The van der Waals surface area contributed by atoms with E-state index < -0.39 is 11.4 Å². The molecule has 3 heteroatoms. The quantitative estimate of drug-likeness (QED) is 0.891. The molecule has 0 radical (unpaired) electrons. The SMILES string of the molecule is O=C(O)CC1(c2cc3c(cc2F)CCCC3)CC1. The first-order chi connectivity index (χ1) is 8.61. The van der Waals surface area contributed by atoms with Crippen molar-refractivity contribution in [1.82, 2.24) is 0 Å². The molecule has 0 unspecified atom stereocenters. The number of carboxylic acid groups (broad SMARTS) is 1. The fraction of sp³-hybridized carbons (Fsp3) is 0.533. The predicted octanol–water partition coefficient (Wildman–Crippen LogP) is 3.21. The Morgan fingerprint density at radius 3 is 2.39 bits per heavy atom. The van der Waals surface area contributed by atoms with E-state index in [1.54, 1.807) is 6.07 Å². The standard InChI is InChI=1S/C15H17FO2/c16-13-8-11-4-2-1-3-10(11)7-12(13)15(5-6-15)9-14(17)18/h7-8H,1-6,9H2,(H,17,18). The van der Waals surface area contributed by atoms with E-state index in [9.17, 15) is 9.18 Å². The molecule has 1 saturated carbocycles. The van der Waals surface area contributed by atoms with Crippen LogP contribution >= 0.6 is 0 Å². The van der Waals surface area contributed by atoms with Crippen LogP contribution < -0.4 is 0 Å². The van der Waals surface area contributed by atoms with Gasteiger partial charge in [0, 0.05) is 5.41 Å². The lowest BCUT2D eigenvalue weighted by atomic mass is 9.84. The van der Waals surface area contributed by atoms with Gasteiger partial charge >= 0.3 is 5.97 Å². The molecule has 0 spiro atoms. The number of benzene rings is 1. The highest BCUT2D eigenvalue weighted by molar-refractivity contribution is 5.70. The van der Waals surface area contributed by atoms with Crippen molar-refractivity contribution in [2.45, 2.75) is 50.4 Å². The third-order valence-corrected chi connectivity index (χ3v) is 4.35. The highest BCUT2D eigenvalue weighted by Crippen LogP contribution is 2.52. The van der Waals surface area contributed by atoms with Crippen LogP contribution in [0, 0.1) is 5.82 Å². The van der Waals surface area contributed by atoms with E-state index in [-0.39, 0.29) is 12.2 Å². The Kier molecular flexibility index (Phi) is 2.65. The Bertz CT molecular complexity index is 503. The minimum absolute atomic E-state index is 0.0582. The van der Waals surface area contributed by atoms with E-state index >= 15 is 0 Å². The van der Waals surface area contributed by atoms with E-state index in [1.165, 1.54) is 5.56 Å². The van der Waals surface area contributed by atoms with Gasteiger partial charge in [-0.25, -0.2) is 4.39 Å². The second-order valence-electron chi connectivity index (χ2n) is 5.66. The van der Waals surface area contributed by atoms with Gasteiger partial charge in [0.2, 0.25) is 0 Å². The second kappa shape index (κ2) is 4.08. The molecule has 0 aromatic heterocycles. The van der Waals surface area contributed by atoms with Crippen LogP contribution in [-0.2, 0) is 23.1 Å². The molecule has 1 N–H and O–H groups in total. The summed E-state index contributed by atoms with van der Waals surface area (Å²) in [4.78, 5) is 10.9. The van der Waals surface area contributed by atoms with Gasteiger partial charge < -0.3 is 5.11 Å². The molecule has 0 bridgehead atoms. The van der Waals surface area contributed by atoms with Crippen molar-refractivity contribution in [2.75, 3.05) is 0 Å². The van der Waals surface area contributed by atoms with Gasteiger partial charge in [-0.2, -0.15) is 0 Å². The predicted molar refractivity (Wildman–Crippen MR) is 66.2 cm³/mol. The van der Waals surface area contributed by atoms with Crippen LogP contribution in [0.3, 0.4) is 0 Å². The molecule has 18 heavy (non-hydrogen) atoms. The number of hydrogen-bond donors (Lipinski definition) is 1. The van der Waals surface area contributed by atoms with E-state index in [0.29, 0.717) is 5.56 Å². The average molecular weight is 248 g/mol. The Morgan fingerprint density at radius 2 is 1.83 bits per heavy atom. The molecule has 0 aliphatic heterocycles. The van der Waals surface area contributed by atoms with E-state index in [1.807, 2.05) is 6.07 Å². The van der Waals surface area contributed by atoms with Crippen molar-refractivity contribution in [1.29, 1.82) is 0 Å². The number of rotatable bonds is 3. The maximum Gasteiger partial charge on any atom is 0.304 e. The number of aryl methyl sites for hydroxylation is 2. The highest BCUT2D eigenvalue weighted by atomic mass is 19.1. The van der Waals surface area contributed by atoms with Crippen LogP contribution in [0.25, 0.3) is 0 Å². The number of carboxylic acids is 1. The molecule has 1 fully saturated rings. The topological polar surface area (TPSA) is 37.3 Å². The van der Waals surface area contributed by atoms with Gasteiger partial charge in [-0.05, 0) is 61.3 Å². The third-order valence-electron chi connectivity index (χ3n) is 4.35. The first-order valence-corrected chi connectivity index (χ1v) is 6.64. The summed E-state index contributed by atoms with van der Waals surface area (Å²) >= 11 is 0. The fourth-order valence-corrected chi connectivity index (χ4v) is 3.14. The lowest BCUT2D eigenvalue weighted by Crippen LogP contribution is -2.16. The molecule has 96 valence electrons. The van der Waals surface area contributed by atoms with Crippen LogP contribution in [0.2, 0.25) is 0 Å². The van der Waals surface area contributed by atoms with Crippen molar-refractivity contribution in [3.8, 4) is 0 Å². The molecule has 3 rings (SSSR count).